The summed E-state index contributed by atoms with van der Waals surface area (Å²) in [7, 11) is 1.37. The van der Waals surface area contributed by atoms with Crippen LogP contribution in [0.25, 0.3) is 0 Å². The van der Waals surface area contributed by atoms with Gasteiger partial charge in [-0.3, -0.25) is 4.79 Å². The number of Topliss-reactive ketones (excluding diaryl/α,β-unsaturated/α-hetero) is 1. The third-order valence-corrected chi connectivity index (χ3v) is 3.10. The van der Waals surface area contributed by atoms with E-state index in [2.05, 4.69) is 0 Å². The maximum atomic E-state index is 11.7. The number of hydrogen-bond acceptors (Lipinski definition) is 3. The Morgan fingerprint density at radius 1 is 1.47 bits per heavy atom. The molecular formula is C11H8Cl3NO2. The molecule has 0 aromatic heterocycles. The van der Waals surface area contributed by atoms with Gasteiger partial charge in [-0.2, -0.15) is 5.26 Å². The Bertz CT molecular complexity index is 482. The van der Waals surface area contributed by atoms with E-state index in [1.54, 1.807) is 0 Å². The molecule has 0 heterocycles. The molecule has 0 spiro atoms. The molecule has 0 saturated heterocycles. The molecule has 1 aromatic rings. The number of nitrogens with zero attached hydrogens (tertiary/aromatic N) is 1. The Morgan fingerprint density at radius 2 is 2.12 bits per heavy atom. The molecule has 0 aliphatic carbocycles. The number of benzene rings is 1. The standard InChI is InChI=1S/C11H8Cl3NO2/c1-17-5-10(16)8(4-15)7-2-6(12)3-9(13)11(7)14/h2-3,8H,5H2,1H3. The van der Waals surface area contributed by atoms with Gasteiger partial charge in [0.25, 0.3) is 0 Å². The first kappa shape index (κ1) is 14.3. The molecule has 0 aliphatic rings. The average molecular weight is 293 g/mol. The molecule has 0 saturated carbocycles. The van der Waals surface area contributed by atoms with Gasteiger partial charge < -0.3 is 4.74 Å². The second kappa shape index (κ2) is 6.23. The Balaban J connectivity index is 3.22. The number of methoxy groups -OCH3 is 1. The number of ketones is 1. The van der Waals surface area contributed by atoms with Crippen molar-refractivity contribution in [2.75, 3.05) is 13.7 Å². The molecule has 3 nitrogen and oxygen atoms in total. The third-order valence-electron chi connectivity index (χ3n) is 2.07. The molecule has 0 bridgehead atoms. The number of ether oxygens (including phenoxy) is 1. The predicted molar refractivity (Wildman–Crippen MR) is 66.7 cm³/mol. The first-order chi connectivity index (χ1) is 8.01. The molecule has 6 heteroatoms. The quantitative estimate of drug-likeness (QED) is 0.798. The molecule has 0 fully saturated rings. The minimum Gasteiger partial charge on any atom is -0.377 e. The highest BCUT2D eigenvalue weighted by molar-refractivity contribution is 6.43. The number of nitriles is 1. The summed E-state index contributed by atoms with van der Waals surface area (Å²) in [5.74, 6) is -1.42. The lowest BCUT2D eigenvalue weighted by Gasteiger charge is -2.11. The lowest BCUT2D eigenvalue weighted by Crippen LogP contribution is -2.16. The van der Waals surface area contributed by atoms with Gasteiger partial charge in [0, 0.05) is 12.1 Å². The van der Waals surface area contributed by atoms with Crippen molar-refractivity contribution in [2.24, 2.45) is 0 Å². The van der Waals surface area contributed by atoms with E-state index in [1.165, 1.54) is 19.2 Å². The van der Waals surface area contributed by atoms with Gasteiger partial charge in [-0.1, -0.05) is 34.8 Å². The molecule has 0 N–H and O–H groups in total. The van der Waals surface area contributed by atoms with Gasteiger partial charge in [0.2, 0.25) is 0 Å². The van der Waals surface area contributed by atoms with E-state index in [0.29, 0.717) is 10.6 Å². The maximum Gasteiger partial charge on any atom is 0.180 e. The summed E-state index contributed by atoms with van der Waals surface area (Å²) < 4.78 is 4.70. The van der Waals surface area contributed by atoms with Gasteiger partial charge in [-0.05, 0) is 17.7 Å². The van der Waals surface area contributed by atoms with Crippen molar-refractivity contribution >= 4 is 40.6 Å². The number of halogens is 3. The van der Waals surface area contributed by atoms with Crippen LogP contribution >= 0.6 is 34.8 Å². The molecule has 0 amide bonds. The molecule has 1 unspecified atom stereocenters. The van der Waals surface area contributed by atoms with Crippen LogP contribution in [0, 0.1) is 11.3 Å². The van der Waals surface area contributed by atoms with Crippen LogP contribution in [0.1, 0.15) is 11.5 Å². The summed E-state index contributed by atoms with van der Waals surface area (Å²) in [4.78, 5) is 11.7. The van der Waals surface area contributed by atoms with Crippen molar-refractivity contribution in [1.29, 1.82) is 5.26 Å². The van der Waals surface area contributed by atoms with Gasteiger partial charge >= 0.3 is 0 Å². The van der Waals surface area contributed by atoms with E-state index in [9.17, 15) is 4.79 Å². The van der Waals surface area contributed by atoms with Crippen molar-refractivity contribution in [3.05, 3.63) is 32.8 Å². The van der Waals surface area contributed by atoms with Crippen LogP contribution in [-0.2, 0) is 9.53 Å². The van der Waals surface area contributed by atoms with Gasteiger partial charge in [0.05, 0.1) is 16.1 Å². The number of hydrogen-bond donors (Lipinski definition) is 0. The Kier molecular flexibility index (Phi) is 5.23. The highest BCUT2D eigenvalue weighted by Gasteiger charge is 2.24. The number of carbonyl (C=O) groups is 1. The van der Waals surface area contributed by atoms with Gasteiger partial charge in [0.1, 0.15) is 12.5 Å². The van der Waals surface area contributed by atoms with Crippen LogP contribution in [0.5, 0.6) is 0 Å². The van der Waals surface area contributed by atoms with Crippen molar-refractivity contribution in [1.82, 2.24) is 0 Å². The SMILES string of the molecule is COCC(=O)C(C#N)c1cc(Cl)cc(Cl)c1Cl. The zero-order valence-electron chi connectivity index (χ0n) is 8.84. The minimum atomic E-state index is -1.03. The average Bonchev–Trinajstić information content (AvgIpc) is 2.26. The van der Waals surface area contributed by atoms with Crippen LogP contribution in [0.15, 0.2) is 12.1 Å². The summed E-state index contributed by atoms with van der Waals surface area (Å²) in [6.07, 6.45) is 0. The number of carbonyl (C=O) groups excluding carboxylic acids is 1. The summed E-state index contributed by atoms with van der Waals surface area (Å²) >= 11 is 17.6. The second-order valence-corrected chi connectivity index (χ2v) is 4.47. The molecule has 90 valence electrons. The Hall–Kier alpha value is -0.790. The highest BCUT2D eigenvalue weighted by atomic mass is 35.5. The van der Waals surface area contributed by atoms with E-state index in [1.807, 2.05) is 6.07 Å². The molecule has 0 aliphatic heterocycles. The largest absolute Gasteiger partial charge is 0.377 e. The lowest BCUT2D eigenvalue weighted by molar-refractivity contribution is -0.122. The predicted octanol–water partition coefficient (Wildman–Crippen LogP) is 3.47. The Labute approximate surface area is 114 Å². The molecule has 0 radical (unpaired) electrons. The van der Waals surface area contributed by atoms with E-state index in [-0.39, 0.29) is 16.7 Å². The maximum absolute atomic E-state index is 11.7. The van der Waals surface area contributed by atoms with Crippen LogP contribution in [0.2, 0.25) is 15.1 Å². The van der Waals surface area contributed by atoms with Crippen LogP contribution < -0.4 is 0 Å². The van der Waals surface area contributed by atoms with Gasteiger partial charge in [-0.25, -0.2) is 0 Å². The van der Waals surface area contributed by atoms with Crippen molar-refractivity contribution in [3.8, 4) is 6.07 Å². The van der Waals surface area contributed by atoms with E-state index >= 15 is 0 Å². The minimum absolute atomic E-state index is 0.159. The first-order valence-electron chi connectivity index (χ1n) is 4.57. The third kappa shape index (κ3) is 3.34. The van der Waals surface area contributed by atoms with Gasteiger partial charge in [-0.15, -0.1) is 0 Å². The van der Waals surface area contributed by atoms with Crippen molar-refractivity contribution in [2.45, 2.75) is 5.92 Å². The van der Waals surface area contributed by atoms with Gasteiger partial charge in [0.15, 0.2) is 5.78 Å². The normalized spacial score (nSPS) is 11.9. The zero-order valence-corrected chi connectivity index (χ0v) is 11.1. The first-order valence-corrected chi connectivity index (χ1v) is 5.70. The summed E-state index contributed by atoms with van der Waals surface area (Å²) in [6, 6.07) is 4.77. The number of rotatable bonds is 4. The van der Waals surface area contributed by atoms with Crippen molar-refractivity contribution in [3.63, 3.8) is 0 Å². The molecular weight excluding hydrogens is 284 g/mol. The molecule has 1 atom stereocenters. The Morgan fingerprint density at radius 3 is 2.65 bits per heavy atom. The smallest absolute Gasteiger partial charge is 0.180 e. The molecule has 17 heavy (non-hydrogen) atoms. The van der Waals surface area contributed by atoms with Crippen LogP contribution in [0.3, 0.4) is 0 Å². The summed E-state index contributed by atoms with van der Waals surface area (Å²) in [5.41, 5.74) is 0.300. The van der Waals surface area contributed by atoms with Crippen LogP contribution in [-0.4, -0.2) is 19.5 Å². The van der Waals surface area contributed by atoms with Crippen LogP contribution in [0.4, 0.5) is 0 Å². The fraction of sp³-hybridized carbons (Fsp3) is 0.273. The fourth-order valence-electron chi connectivity index (χ4n) is 1.33. The summed E-state index contributed by atoms with van der Waals surface area (Å²) in [6.45, 7) is -0.168. The van der Waals surface area contributed by atoms with Crippen molar-refractivity contribution < 1.29 is 9.53 Å². The monoisotopic (exact) mass is 291 g/mol. The molecule has 1 aromatic carbocycles. The lowest BCUT2D eigenvalue weighted by atomic mass is 9.96. The summed E-state index contributed by atoms with van der Waals surface area (Å²) in [5, 5.41) is 9.70. The fourth-order valence-corrected chi connectivity index (χ4v) is 2.05. The second-order valence-electron chi connectivity index (χ2n) is 3.25. The highest BCUT2D eigenvalue weighted by Crippen LogP contribution is 2.34. The van der Waals surface area contributed by atoms with E-state index in [0.717, 1.165) is 0 Å². The van der Waals surface area contributed by atoms with E-state index in [4.69, 9.17) is 44.8 Å². The van der Waals surface area contributed by atoms with E-state index < -0.39 is 11.7 Å². The zero-order chi connectivity index (χ0) is 13.0. The molecule has 1 rings (SSSR count). The topological polar surface area (TPSA) is 50.1 Å².